The lowest BCUT2D eigenvalue weighted by atomic mass is 9.83. The molecule has 0 saturated heterocycles. The molecule has 0 radical (unpaired) electrons. The molecule has 12 nitrogen and oxygen atoms in total. The van der Waals surface area contributed by atoms with Crippen LogP contribution in [0.5, 0.6) is 0 Å². The van der Waals surface area contributed by atoms with Crippen LogP contribution in [0.25, 0.3) is 0 Å². The fourth-order valence-corrected chi connectivity index (χ4v) is 6.81. The first kappa shape index (κ1) is 36.9. The Bertz CT molecular complexity index is 1120. The Balaban J connectivity index is 2.34. The molecule has 2 rings (SSSR count). The number of ether oxygens (including phenoxy) is 1. The zero-order valence-electron chi connectivity index (χ0n) is 25.1. The van der Waals surface area contributed by atoms with Crippen LogP contribution in [0.4, 0.5) is 9.18 Å². The third-order valence-electron chi connectivity index (χ3n) is 7.13. The van der Waals surface area contributed by atoms with Crippen molar-refractivity contribution >= 4 is 37.1 Å². The summed E-state index contributed by atoms with van der Waals surface area (Å²) in [6, 6.07) is 5.19. The highest BCUT2D eigenvalue weighted by Crippen LogP contribution is 2.55. The fraction of sp³-hybridized carbons (Fsp3) is 0.679. The average molecular weight is 652 g/mol. The smallest absolute Gasteiger partial charge is 0.408 e. The van der Waals surface area contributed by atoms with Gasteiger partial charge in [0.15, 0.2) is 5.72 Å². The Morgan fingerprint density at radius 1 is 1.19 bits per heavy atom. The number of benzene rings is 1. The summed E-state index contributed by atoms with van der Waals surface area (Å²) in [5.41, 5.74) is -2.11. The average Bonchev–Trinajstić information content (AvgIpc) is 2.95. The van der Waals surface area contributed by atoms with Crippen molar-refractivity contribution in [1.82, 2.24) is 15.5 Å². The Labute approximate surface area is 257 Å². The predicted octanol–water partition coefficient (Wildman–Crippen LogP) is 4.11. The first-order valence-electron chi connectivity index (χ1n) is 14.4. The second-order valence-corrected chi connectivity index (χ2v) is 13.2. The molecule has 1 aliphatic rings. The van der Waals surface area contributed by atoms with Crippen molar-refractivity contribution in [2.45, 2.75) is 89.2 Å². The molecule has 1 saturated carbocycles. The number of hydrogen-bond donors (Lipinski definition) is 4. The molecule has 5 atom stereocenters. The maximum atomic E-state index is 14.8. The molecule has 0 aromatic heterocycles. The summed E-state index contributed by atoms with van der Waals surface area (Å²) >= 11 is 5.98. The van der Waals surface area contributed by atoms with Gasteiger partial charge in [0, 0.05) is 32.0 Å². The largest absolute Gasteiger partial charge is 0.445 e. The van der Waals surface area contributed by atoms with Gasteiger partial charge in [0.25, 0.3) is 0 Å². The van der Waals surface area contributed by atoms with Crippen LogP contribution in [0.3, 0.4) is 0 Å². The van der Waals surface area contributed by atoms with Crippen LogP contribution in [0.15, 0.2) is 24.3 Å². The SMILES string of the molecule is CCOP(=O)(OCC)C(O)C(O)(CCC(=O)N(C)C)NC(=O)C(CC1CCCCC1F)NC(=O)OCc1cccc(Cl)c1. The van der Waals surface area contributed by atoms with E-state index in [0.717, 1.165) is 6.42 Å². The number of carbonyl (C=O) groups excluding carboxylic acids is 3. The van der Waals surface area contributed by atoms with Gasteiger partial charge >= 0.3 is 13.7 Å². The highest BCUT2D eigenvalue weighted by molar-refractivity contribution is 7.54. The summed E-state index contributed by atoms with van der Waals surface area (Å²) in [6.45, 7) is 2.52. The maximum Gasteiger partial charge on any atom is 0.408 e. The van der Waals surface area contributed by atoms with E-state index in [2.05, 4.69) is 10.6 Å². The number of amides is 3. The standard InChI is InChI=1S/C28H44ClFN3O9P/c1-5-41-43(39,42-6-2)26(36)28(38,15-14-24(34)33(3)4)32-25(35)23(17-20-11-7-8-13-22(20)30)31-27(37)40-18-19-10-9-12-21(29)16-19/h9-10,12,16,20,22-23,26,36,38H,5-8,11,13-15,17-18H2,1-4H3,(H,31,37)(H,32,35). The molecule has 15 heteroatoms. The van der Waals surface area contributed by atoms with Crippen molar-refractivity contribution in [3.05, 3.63) is 34.9 Å². The second-order valence-electron chi connectivity index (χ2n) is 10.6. The van der Waals surface area contributed by atoms with Crippen molar-refractivity contribution in [2.24, 2.45) is 5.92 Å². The van der Waals surface area contributed by atoms with E-state index in [9.17, 15) is 33.6 Å². The number of aliphatic hydroxyl groups excluding tert-OH is 1. The van der Waals surface area contributed by atoms with Crippen LogP contribution in [0.1, 0.15) is 64.4 Å². The monoisotopic (exact) mass is 651 g/mol. The number of rotatable bonds is 16. The lowest BCUT2D eigenvalue weighted by Gasteiger charge is -2.38. The van der Waals surface area contributed by atoms with Gasteiger partial charge in [-0.25, -0.2) is 9.18 Å². The molecule has 0 bridgehead atoms. The third-order valence-corrected chi connectivity index (χ3v) is 9.62. The van der Waals surface area contributed by atoms with Gasteiger partial charge in [0.2, 0.25) is 17.7 Å². The Hall–Kier alpha value is -2.28. The van der Waals surface area contributed by atoms with E-state index in [1.165, 1.54) is 32.8 Å². The van der Waals surface area contributed by atoms with E-state index in [1.54, 1.807) is 24.3 Å². The normalized spacial score (nSPS) is 19.9. The van der Waals surface area contributed by atoms with E-state index in [1.807, 2.05) is 0 Å². The molecule has 1 aromatic carbocycles. The molecule has 4 N–H and O–H groups in total. The van der Waals surface area contributed by atoms with Gasteiger partial charge in [0.05, 0.1) is 13.2 Å². The van der Waals surface area contributed by atoms with E-state index >= 15 is 0 Å². The second kappa shape index (κ2) is 17.3. The van der Waals surface area contributed by atoms with Gasteiger partial charge in [-0.2, -0.15) is 0 Å². The molecule has 1 aliphatic carbocycles. The van der Waals surface area contributed by atoms with Gasteiger partial charge < -0.3 is 39.5 Å². The van der Waals surface area contributed by atoms with Crippen LogP contribution in [-0.4, -0.2) is 84.1 Å². The van der Waals surface area contributed by atoms with Gasteiger partial charge in [-0.15, -0.1) is 0 Å². The van der Waals surface area contributed by atoms with Gasteiger partial charge in [-0.3, -0.25) is 14.2 Å². The van der Waals surface area contributed by atoms with Crippen molar-refractivity contribution in [3.63, 3.8) is 0 Å². The quantitative estimate of drug-likeness (QED) is 0.152. The van der Waals surface area contributed by atoms with Crippen LogP contribution in [-0.2, 0) is 34.5 Å². The van der Waals surface area contributed by atoms with Crippen LogP contribution in [0.2, 0.25) is 5.02 Å². The van der Waals surface area contributed by atoms with Crippen LogP contribution < -0.4 is 10.6 Å². The molecule has 1 aromatic rings. The van der Waals surface area contributed by atoms with E-state index in [4.69, 9.17) is 25.4 Å². The summed E-state index contributed by atoms with van der Waals surface area (Å²) in [6.07, 6.45) is -1.09. The third kappa shape index (κ3) is 11.3. The predicted molar refractivity (Wildman–Crippen MR) is 158 cm³/mol. The van der Waals surface area contributed by atoms with Crippen molar-refractivity contribution < 1.29 is 47.3 Å². The van der Waals surface area contributed by atoms with Gasteiger partial charge in [-0.05, 0) is 56.7 Å². The number of alkyl carbamates (subject to hydrolysis) is 1. The summed E-state index contributed by atoms with van der Waals surface area (Å²) < 4.78 is 43.8. The molecule has 1 fully saturated rings. The topological polar surface area (TPSA) is 164 Å². The number of aliphatic hydroxyl groups is 2. The molecule has 0 spiro atoms. The summed E-state index contributed by atoms with van der Waals surface area (Å²) in [5, 5.41) is 27.8. The fourth-order valence-electron chi connectivity index (χ4n) is 4.80. The minimum absolute atomic E-state index is 0.142. The number of nitrogens with one attached hydrogen (secondary N) is 2. The molecule has 244 valence electrons. The molecule has 0 aliphatic heterocycles. The number of carbonyl (C=O) groups is 3. The summed E-state index contributed by atoms with van der Waals surface area (Å²) in [5.74, 6) is -4.36. The van der Waals surface area contributed by atoms with Gasteiger partial charge in [0.1, 0.15) is 18.8 Å². The number of halogens is 2. The lowest BCUT2D eigenvalue weighted by Crippen LogP contribution is -2.61. The van der Waals surface area contributed by atoms with Crippen LogP contribution in [0, 0.1) is 5.92 Å². The lowest BCUT2D eigenvalue weighted by molar-refractivity contribution is -0.143. The minimum Gasteiger partial charge on any atom is -0.445 e. The Morgan fingerprint density at radius 3 is 2.42 bits per heavy atom. The molecule has 3 amide bonds. The Kier molecular flexibility index (Phi) is 14.8. The summed E-state index contributed by atoms with van der Waals surface area (Å²) in [7, 11) is -1.48. The van der Waals surface area contributed by atoms with Gasteiger partial charge in [-0.1, -0.05) is 36.6 Å². The number of hydrogen-bond acceptors (Lipinski definition) is 9. The first-order chi connectivity index (χ1) is 20.2. The molecule has 0 heterocycles. The van der Waals surface area contributed by atoms with E-state index in [-0.39, 0.29) is 32.7 Å². The van der Waals surface area contributed by atoms with Crippen molar-refractivity contribution in [1.29, 1.82) is 0 Å². The van der Waals surface area contributed by atoms with Crippen LogP contribution >= 0.6 is 19.2 Å². The molecule has 43 heavy (non-hydrogen) atoms. The first-order valence-corrected chi connectivity index (χ1v) is 16.4. The Morgan fingerprint density at radius 2 is 1.84 bits per heavy atom. The number of alkyl halides is 1. The van der Waals surface area contributed by atoms with Crippen molar-refractivity contribution in [3.8, 4) is 0 Å². The highest BCUT2D eigenvalue weighted by atomic mass is 35.5. The van der Waals surface area contributed by atoms with E-state index in [0.29, 0.717) is 29.8 Å². The zero-order valence-corrected chi connectivity index (χ0v) is 26.7. The van der Waals surface area contributed by atoms with Crippen molar-refractivity contribution in [2.75, 3.05) is 27.3 Å². The van der Waals surface area contributed by atoms with E-state index < -0.39 is 61.6 Å². The minimum atomic E-state index is -4.44. The molecular formula is C28H44ClFN3O9P. The summed E-state index contributed by atoms with van der Waals surface area (Å²) in [4.78, 5) is 40.0. The highest BCUT2D eigenvalue weighted by Gasteiger charge is 2.51. The molecule has 5 unspecified atom stereocenters. The maximum absolute atomic E-state index is 14.8. The molecular weight excluding hydrogens is 608 g/mol. The zero-order chi connectivity index (χ0) is 32.2. The number of nitrogens with zero attached hydrogens (tertiary/aromatic N) is 1.